The van der Waals surface area contributed by atoms with Crippen LogP contribution in [0.5, 0.6) is 0 Å². The molecule has 0 fully saturated rings. The summed E-state index contributed by atoms with van der Waals surface area (Å²) >= 11 is 0. The molecule has 0 aromatic carbocycles. The van der Waals surface area contributed by atoms with Gasteiger partial charge >= 0.3 is 0 Å². The molecule has 0 spiro atoms. The number of hydrogen-bond donors (Lipinski definition) is 1. The smallest absolute Gasteiger partial charge is 0.0609 e. The minimum Gasteiger partial charge on any atom is -0.290 e. The molecule has 0 aromatic heterocycles. The first kappa shape index (κ1) is 5.15. The molecule has 3 heteroatoms. The monoisotopic (exact) mass is 111 g/mol. The predicted molar refractivity (Wildman–Crippen MR) is 33.1 cm³/mol. The molecular formula is C5H9N3. The maximum absolute atomic E-state index is 4.03. The van der Waals surface area contributed by atoms with Crippen LogP contribution in [0.4, 0.5) is 0 Å². The molecule has 3 nitrogen and oxygen atoms in total. The molecule has 1 aliphatic rings. The zero-order valence-corrected chi connectivity index (χ0v) is 5.05. The second kappa shape index (κ2) is 1.86. The molecule has 0 radical (unpaired) electrons. The Morgan fingerprint density at radius 2 is 2.50 bits per heavy atom. The minimum absolute atomic E-state index is 1.02. The van der Waals surface area contributed by atoms with E-state index in [1.54, 1.807) is 5.12 Å². The first-order valence-electron chi connectivity index (χ1n) is 2.51. The van der Waals surface area contributed by atoms with Crippen molar-refractivity contribution in [2.75, 3.05) is 7.05 Å². The van der Waals surface area contributed by atoms with Gasteiger partial charge in [-0.15, -0.1) is 0 Å². The lowest BCUT2D eigenvalue weighted by molar-refractivity contribution is 0.288. The lowest BCUT2D eigenvalue weighted by Gasteiger charge is -2.15. The van der Waals surface area contributed by atoms with Crippen molar-refractivity contribution >= 4 is 5.71 Å². The Morgan fingerprint density at radius 1 is 1.75 bits per heavy atom. The number of nitrogens with one attached hydrogen (secondary N) is 1. The summed E-state index contributed by atoms with van der Waals surface area (Å²) in [5.74, 6) is 0. The molecule has 0 saturated heterocycles. The van der Waals surface area contributed by atoms with Crippen molar-refractivity contribution in [2.24, 2.45) is 5.10 Å². The van der Waals surface area contributed by atoms with E-state index in [1.807, 2.05) is 26.2 Å². The molecular weight excluding hydrogens is 102 g/mol. The first-order valence-corrected chi connectivity index (χ1v) is 2.51. The van der Waals surface area contributed by atoms with Gasteiger partial charge in [0.05, 0.1) is 5.71 Å². The van der Waals surface area contributed by atoms with Gasteiger partial charge in [-0.05, 0) is 13.0 Å². The average Bonchev–Trinajstić information content (AvgIpc) is 1.64. The van der Waals surface area contributed by atoms with Crippen LogP contribution >= 0.6 is 0 Å². The highest BCUT2D eigenvalue weighted by molar-refractivity contribution is 5.92. The Labute approximate surface area is 48.6 Å². The van der Waals surface area contributed by atoms with E-state index in [9.17, 15) is 0 Å². The van der Waals surface area contributed by atoms with E-state index in [4.69, 9.17) is 0 Å². The predicted octanol–water partition coefficient (Wildman–Crippen LogP) is 0.326. The van der Waals surface area contributed by atoms with Crippen LogP contribution in [0.15, 0.2) is 17.4 Å². The third-order valence-electron chi connectivity index (χ3n) is 0.894. The highest BCUT2D eigenvalue weighted by Crippen LogP contribution is 1.88. The third-order valence-corrected chi connectivity index (χ3v) is 0.894. The van der Waals surface area contributed by atoms with Crippen LogP contribution in [0.25, 0.3) is 0 Å². The van der Waals surface area contributed by atoms with Crippen LogP contribution in [0.1, 0.15) is 6.92 Å². The Hall–Kier alpha value is -0.990. The van der Waals surface area contributed by atoms with Crippen LogP contribution in [-0.2, 0) is 0 Å². The number of nitrogens with zero attached hydrogens (tertiary/aromatic N) is 2. The van der Waals surface area contributed by atoms with Gasteiger partial charge < -0.3 is 0 Å². The number of hydrazone groups is 1. The summed E-state index contributed by atoms with van der Waals surface area (Å²) in [6.07, 6.45) is 3.77. The zero-order chi connectivity index (χ0) is 5.98. The fraction of sp³-hybridized carbons (Fsp3) is 0.400. The molecule has 44 valence electrons. The van der Waals surface area contributed by atoms with Crippen molar-refractivity contribution in [3.63, 3.8) is 0 Å². The summed E-state index contributed by atoms with van der Waals surface area (Å²) in [4.78, 5) is 0. The van der Waals surface area contributed by atoms with Crippen LogP contribution in [0.2, 0.25) is 0 Å². The summed E-state index contributed by atoms with van der Waals surface area (Å²) in [7, 11) is 1.85. The minimum atomic E-state index is 1.02. The zero-order valence-electron chi connectivity index (χ0n) is 5.05. The molecule has 1 heterocycles. The van der Waals surface area contributed by atoms with Crippen LogP contribution in [-0.4, -0.2) is 17.9 Å². The first-order chi connectivity index (χ1) is 3.79. The van der Waals surface area contributed by atoms with Gasteiger partial charge in [0, 0.05) is 13.2 Å². The summed E-state index contributed by atoms with van der Waals surface area (Å²) in [6, 6.07) is 0. The van der Waals surface area contributed by atoms with Crippen LogP contribution in [0, 0.1) is 0 Å². The van der Waals surface area contributed by atoms with Gasteiger partial charge in [0.2, 0.25) is 0 Å². The molecule has 0 aliphatic carbocycles. The molecule has 0 aromatic rings. The summed E-state index contributed by atoms with van der Waals surface area (Å²) in [5, 5.41) is 5.70. The molecule has 1 N–H and O–H groups in total. The van der Waals surface area contributed by atoms with Crippen molar-refractivity contribution < 1.29 is 0 Å². The number of hydrogen-bond acceptors (Lipinski definition) is 3. The van der Waals surface area contributed by atoms with Gasteiger partial charge in [-0.2, -0.15) is 5.10 Å². The lowest BCUT2D eigenvalue weighted by Crippen LogP contribution is -2.28. The van der Waals surface area contributed by atoms with Gasteiger partial charge in [0.25, 0.3) is 0 Å². The summed E-state index contributed by atoms with van der Waals surface area (Å²) in [6.45, 7) is 1.95. The van der Waals surface area contributed by atoms with E-state index < -0.39 is 0 Å². The molecule has 1 rings (SSSR count). The molecule has 8 heavy (non-hydrogen) atoms. The second-order valence-corrected chi connectivity index (χ2v) is 1.73. The van der Waals surface area contributed by atoms with Crippen molar-refractivity contribution in [3.05, 3.63) is 12.3 Å². The van der Waals surface area contributed by atoms with E-state index in [0.717, 1.165) is 5.71 Å². The van der Waals surface area contributed by atoms with E-state index in [2.05, 4.69) is 10.5 Å². The van der Waals surface area contributed by atoms with E-state index in [-0.39, 0.29) is 0 Å². The molecule has 0 atom stereocenters. The average molecular weight is 111 g/mol. The van der Waals surface area contributed by atoms with E-state index >= 15 is 0 Å². The Bertz CT molecular complexity index is 137. The Balaban J connectivity index is 2.63. The molecule has 0 unspecified atom stereocenters. The maximum atomic E-state index is 4.03. The largest absolute Gasteiger partial charge is 0.290 e. The third kappa shape index (κ3) is 0.992. The van der Waals surface area contributed by atoms with Crippen molar-refractivity contribution in [1.29, 1.82) is 0 Å². The second-order valence-electron chi connectivity index (χ2n) is 1.73. The summed E-state index contributed by atoms with van der Waals surface area (Å²) in [5.41, 5.74) is 3.90. The van der Waals surface area contributed by atoms with E-state index in [0.29, 0.717) is 0 Å². The molecule has 0 bridgehead atoms. The van der Waals surface area contributed by atoms with Gasteiger partial charge in [-0.3, -0.25) is 5.43 Å². The Kier molecular flexibility index (Phi) is 1.20. The number of rotatable bonds is 0. The van der Waals surface area contributed by atoms with Gasteiger partial charge in [0.15, 0.2) is 0 Å². The van der Waals surface area contributed by atoms with Gasteiger partial charge in [0.1, 0.15) is 0 Å². The fourth-order valence-corrected chi connectivity index (χ4v) is 0.565. The number of allylic oxidation sites excluding steroid dienone is 1. The van der Waals surface area contributed by atoms with Crippen LogP contribution in [0.3, 0.4) is 0 Å². The quantitative estimate of drug-likeness (QED) is 0.487. The van der Waals surface area contributed by atoms with Crippen molar-refractivity contribution in [2.45, 2.75) is 6.92 Å². The van der Waals surface area contributed by atoms with Crippen LogP contribution < -0.4 is 5.43 Å². The highest BCUT2D eigenvalue weighted by atomic mass is 15.7. The SMILES string of the molecule is CC1=NN(C)NC=C1. The number of hydrazine groups is 1. The normalized spacial score (nSPS) is 17.8. The summed E-state index contributed by atoms with van der Waals surface area (Å²) < 4.78 is 0. The fourth-order valence-electron chi connectivity index (χ4n) is 0.565. The molecule has 0 saturated carbocycles. The lowest BCUT2D eigenvalue weighted by atomic mass is 10.4. The highest BCUT2D eigenvalue weighted by Gasteiger charge is 1.92. The molecule has 1 aliphatic heterocycles. The maximum Gasteiger partial charge on any atom is 0.0609 e. The van der Waals surface area contributed by atoms with E-state index in [1.165, 1.54) is 0 Å². The molecule has 0 amide bonds. The topological polar surface area (TPSA) is 27.6 Å². The van der Waals surface area contributed by atoms with Gasteiger partial charge in [-0.1, -0.05) is 0 Å². The Morgan fingerprint density at radius 3 is 2.88 bits per heavy atom. The van der Waals surface area contributed by atoms with Gasteiger partial charge in [-0.25, -0.2) is 5.12 Å². The standard InChI is InChI=1S/C5H9N3/c1-5-3-4-6-8(2)7-5/h3-4,6H,1-2H3. The van der Waals surface area contributed by atoms with Crippen molar-refractivity contribution in [1.82, 2.24) is 10.5 Å². The van der Waals surface area contributed by atoms with Crippen molar-refractivity contribution in [3.8, 4) is 0 Å².